The second-order valence-corrected chi connectivity index (χ2v) is 7.79. The monoisotopic (exact) mass is 504 g/mol. The molecule has 4 rings (SSSR count). The summed E-state index contributed by atoms with van der Waals surface area (Å²) in [5.74, 6) is -0.791. The summed E-state index contributed by atoms with van der Waals surface area (Å²) in [7, 11) is 1.42. The Morgan fingerprint density at radius 1 is 1.03 bits per heavy atom. The zero-order chi connectivity index (χ0) is 25.7. The molecule has 0 saturated heterocycles. The fourth-order valence-corrected chi connectivity index (χ4v) is 3.28. The number of carbonyl (C=O) groups excluding carboxylic acids is 2. The number of rotatable bonds is 7. The Morgan fingerprint density at radius 2 is 1.72 bits per heavy atom. The first-order valence-electron chi connectivity index (χ1n) is 10.4. The van der Waals surface area contributed by atoms with Crippen LogP contribution in [0.4, 0.5) is 5.69 Å². The number of hydrogen-bond acceptors (Lipinski definition) is 8. The number of hydrogen-bond donors (Lipinski definition) is 0. The van der Waals surface area contributed by atoms with E-state index in [2.05, 4.69) is 4.99 Å². The Morgan fingerprint density at radius 3 is 2.39 bits per heavy atom. The van der Waals surface area contributed by atoms with Crippen molar-refractivity contribution in [3.63, 3.8) is 0 Å². The highest BCUT2D eigenvalue weighted by Gasteiger charge is 2.24. The first kappa shape index (κ1) is 24.4. The summed E-state index contributed by atoms with van der Waals surface area (Å²) in [4.78, 5) is 39.0. The number of aliphatic imine (C=N–C) groups is 1. The van der Waals surface area contributed by atoms with E-state index in [1.54, 1.807) is 42.5 Å². The van der Waals surface area contributed by atoms with Crippen molar-refractivity contribution in [3.05, 3.63) is 110 Å². The van der Waals surface area contributed by atoms with Gasteiger partial charge in [0.2, 0.25) is 5.90 Å². The van der Waals surface area contributed by atoms with Gasteiger partial charge >= 0.3 is 11.9 Å². The number of methoxy groups -OCH3 is 1. The lowest BCUT2D eigenvalue weighted by Gasteiger charge is -2.08. The fourth-order valence-electron chi connectivity index (χ4n) is 3.16. The Hall–Kier alpha value is -4.76. The summed E-state index contributed by atoms with van der Waals surface area (Å²) in [5.41, 5.74) is 1.68. The lowest BCUT2D eigenvalue weighted by molar-refractivity contribution is -0.384. The number of halogens is 1. The van der Waals surface area contributed by atoms with Crippen LogP contribution in [0.5, 0.6) is 11.5 Å². The van der Waals surface area contributed by atoms with Crippen LogP contribution in [0.25, 0.3) is 12.2 Å². The maximum atomic E-state index is 12.3. The summed E-state index contributed by atoms with van der Waals surface area (Å²) in [5, 5.41) is 11.4. The molecule has 1 aliphatic heterocycles. The molecule has 0 atom stereocenters. The molecule has 10 heteroatoms. The van der Waals surface area contributed by atoms with Crippen molar-refractivity contribution in [1.29, 1.82) is 0 Å². The van der Waals surface area contributed by atoms with Crippen molar-refractivity contribution >= 4 is 47.3 Å². The first-order chi connectivity index (χ1) is 17.3. The van der Waals surface area contributed by atoms with Gasteiger partial charge in [0.1, 0.15) is 0 Å². The van der Waals surface area contributed by atoms with Gasteiger partial charge in [-0.25, -0.2) is 14.6 Å². The summed E-state index contributed by atoms with van der Waals surface area (Å²) < 4.78 is 15.9. The number of cyclic esters (lactones) is 1. The number of nitrogens with zero attached hydrogens (tertiary/aromatic N) is 2. The van der Waals surface area contributed by atoms with E-state index in [0.29, 0.717) is 16.1 Å². The van der Waals surface area contributed by atoms with Gasteiger partial charge in [-0.3, -0.25) is 10.1 Å². The molecular formula is C26H17ClN2O7. The molecule has 9 nitrogen and oxygen atoms in total. The molecule has 0 amide bonds. The maximum absolute atomic E-state index is 12.3. The average molecular weight is 505 g/mol. The van der Waals surface area contributed by atoms with Crippen molar-refractivity contribution in [1.82, 2.24) is 0 Å². The summed E-state index contributed by atoms with van der Waals surface area (Å²) in [6.45, 7) is 0. The van der Waals surface area contributed by atoms with E-state index in [1.165, 1.54) is 49.6 Å². The lowest BCUT2D eigenvalue weighted by atomic mass is 10.1. The molecule has 3 aromatic carbocycles. The van der Waals surface area contributed by atoms with Crippen LogP contribution in [0, 0.1) is 10.1 Å². The van der Waals surface area contributed by atoms with Crippen molar-refractivity contribution in [2.24, 2.45) is 4.99 Å². The van der Waals surface area contributed by atoms with Crippen LogP contribution in [0.15, 0.2) is 83.5 Å². The molecule has 0 unspecified atom stereocenters. The van der Waals surface area contributed by atoms with Gasteiger partial charge < -0.3 is 14.2 Å². The average Bonchev–Trinajstić information content (AvgIpc) is 3.24. The number of nitro groups is 1. The molecule has 1 heterocycles. The van der Waals surface area contributed by atoms with E-state index < -0.39 is 16.9 Å². The minimum Gasteiger partial charge on any atom is -0.493 e. The highest BCUT2D eigenvalue weighted by atomic mass is 35.5. The van der Waals surface area contributed by atoms with Crippen LogP contribution in [0.1, 0.15) is 16.7 Å². The highest BCUT2D eigenvalue weighted by Crippen LogP contribution is 2.30. The maximum Gasteiger partial charge on any atom is 0.363 e. The van der Waals surface area contributed by atoms with Crippen LogP contribution < -0.4 is 9.47 Å². The standard InChI is InChI=1S/C26H17ClN2O7/c1-34-23-15-17(4-12-22(23)35-24(30)13-5-16-2-8-19(27)9-3-16)14-21-26(31)36-25(28-21)18-6-10-20(11-7-18)29(32)33/h2-15H,1H3/b13-5+,21-14-. The fraction of sp³-hybridized carbons (Fsp3) is 0.0385. The third-order valence-electron chi connectivity index (χ3n) is 4.93. The van der Waals surface area contributed by atoms with E-state index in [0.717, 1.165) is 5.56 Å². The van der Waals surface area contributed by atoms with Crippen molar-refractivity contribution in [3.8, 4) is 11.5 Å². The van der Waals surface area contributed by atoms with Crippen molar-refractivity contribution in [2.75, 3.05) is 7.11 Å². The molecule has 36 heavy (non-hydrogen) atoms. The largest absolute Gasteiger partial charge is 0.493 e. The van der Waals surface area contributed by atoms with Gasteiger partial charge in [0, 0.05) is 28.8 Å². The molecule has 0 aromatic heterocycles. The van der Waals surface area contributed by atoms with Gasteiger partial charge in [-0.15, -0.1) is 0 Å². The molecule has 0 aliphatic carbocycles. The SMILES string of the molecule is COc1cc(/C=C2\N=C(c3ccc([N+](=O)[O-])cc3)OC2=O)ccc1OC(=O)/C=C/c1ccc(Cl)cc1. The predicted octanol–water partition coefficient (Wildman–Crippen LogP) is 5.22. The number of carbonyl (C=O) groups is 2. The van der Waals surface area contributed by atoms with E-state index >= 15 is 0 Å². The van der Waals surface area contributed by atoms with Gasteiger partial charge in [0.15, 0.2) is 17.2 Å². The Kier molecular flexibility index (Phi) is 7.22. The Labute approximate surface area is 210 Å². The highest BCUT2D eigenvalue weighted by molar-refractivity contribution is 6.30. The first-order valence-corrected chi connectivity index (χ1v) is 10.8. The lowest BCUT2D eigenvalue weighted by Crippen LogP contribution is -2.05. The minimum atomic E-state index is -0.676. The summed E-state index contributed by atoms with van der Waals surface area (Å²) >= 11 is 5.85. The molecule has 180 valence electrons. The predicted molar refractivity (Wildman–Crippen MR) is 133 cm³/mol. The Bertz CT molecular complexity index is 1430. The van der Waals surface area contributed by atoms with E-state index in [-0.39, 0.29) is 28.8 Å². The van der Waals surface area contributed by atoms with E-state index in [4.69, 9.17) is 25.8 Å². The number of ether oxygens (including phenoxy) is 3. The van der Waals surface area contributed by atoms with Crippen LogP contribution in [0.3, 0.4) is 0 Å². The zero-order valence-corrected chi connectivity index (χ0v) is 19.5. The van der Waals surface area contributed by atoms with Crippen molar-refractivity contribution in [2.45, 2.75) is 0 Å². The smallest absolute Gasteiger partial charge is 0.363 e. The molecule has 0 bridgehead atoms. The molecule has 1 aliphatic rings. The van der Waals surface area contributed by atoms with Crippen LogP contribution >= 0.6 is 11.6 Å². The van der Waals surface area contributed by atoms with E-state index in [9.17, 15) is 19.7 Å². The molecule has 0 saturated carbocycles. The molecular weight excluding hydrogens is 488 g/mol. The molecule has 0 radical (unpaired) electrons. The molecule has 0 fully saturated rings. The zero-order valence-electron chi connectivity index (χ0n) is 18.7. The van der Waals surface area contributed by atoms with Gasteiger partial charge in [-0.1, -0.05) is 29.8 Å². The quantitative estimate of drug-likeness (QED) is 0.142. The van der Waals surface area contributed by atoms with Crippen LogP contribution in [-0.4, -0.2) is 29.9 Å². The second-order valence-electron chi connectivity index (χ2n) is 7.36. The van der Waals surface area contributed by atoms with Crippen LogP contribution in [0.2, 0.25) is 5.02 Å². The van der Waals surface area contributed by atoms with E-state index in [1.807, 2.05) is 0 Å². The number of nitro benzene ring substituents is 1. The Balaban J connectivity index is 1.49. The third kappa shape index (κ3) is 5.83. The van der Waals surface area contributed by atoms with Gasteiger partial charge in [-0.2, -0.15) is 0 Å². The third-order valence-corrected chi connectivity index (χ3v) is 5.18. The summed E-state index contributed by atoms with van der Waals surface area (Å²) in [6, 6.07) is 17.1. The van der Waals surface area contributed by atoms with Crippen LogP contribution in [-0.2, 0) is 14.3 Å². The van der Waals surface area contributed by atoms with Gasteiger partial charge in [0.25, 0.3) is 5.69 Å². The number of esters is 2. The molecule has 3 aromatic rings. The molecule has 0 N–H and O–H groups in total. The number of non-ortho nitro benzene ring substituents is 1. The minimum absolute atomic E-state index is 0.0287. The van der Waals surface area contributed by atoms with Crippen molar-refractivity contribution < 1.29 is 28.7 Å². The molecule has 0 spiro atoms. The normalized spacial score (nSPS) is 14.0. The topological polar surface area (TPSA) is 117 Å². The summed E-state index contributed by atoms with van der Waals surface area (Å²) in [6.07, 6.45) is 4.35. The second kappa shape index (κ2) is 10.7. The van der Waals surface area contributed by atoms with Gasteiger partial charge in [0.05, 0.1) is 12.0 Å². The number of benzene rings is 3. The van der Waals surface area contributed by atoms with Gasteiger partial charge in [-0.05, 0) is 59.7 Å².